The van der Waals surface area contributed by atoms with Gasteiger partial charge >= 0.3 is 11.7 Å². The van der Waals surface area contributed by atoms with Crippen molar-refractivity contribution in [2.45, 2.75) is 38.8 Å². The lowest BCUT2D eigenvalue weighted by atomic mass is 10.1. The van der Waals surface area contributed by atoms with Crippen LogP contribution >= 0.6 is 0 Å². The summed E-state index contributed by atoms with van der Waals surface area (Å²) in [7, 11) is 3.32. The van der Waals surface area contributed by atoms with Crippen LogP contribution in [-0.2, 0) is 30.2 Å². The number of ether oxygens (including phenoxy) is 1. The molecule has 24 heavy (non-hydrogen) atoms. The molecule has 2 aromatic heterocycles. The van der Waals surface area contributed by atoms with E-state index in [0.717, 1.165) is 6.42 Å². The fraction of sp³-hybridized carbons (Fsp3) is 0.600. The van der Waals surface area contributed by atoms with Gasteiger partial charge in [-0.15, -0.1) is 0 Å². The Morgan fingerprint density at radius 1 is 1.33 bits per heavy atom. The van der Waals surface area contributed by atoms with Gasteiger partial charge in [-0.25, -0.2) is 9.78 Å². The Balaban J connectivity index is 2.06. The lowest BCUT2D eigenvalue weighted by Gasteiger charge is -2.13. The number of aryl methyl sites for hydroxylation is 2. The highest BCUT2D eigenvalue weighted by atomic mass is 16.5. The van der Waals surface area contributed by atoms with Crippen LogP contribution in [-0.4, -0.2) is 37.3 Å². The first-order valence-corrected chi connectivity index (χ1v) is 7.87. The van der Waals surface area contributed by atoms with Crippen LogP contribution in [0.5, 0.6) is 0 Å². The number of fused-ring (bicyclic) bond motifs is 1. The number of carbonyl (C=O) groups is 1. The van der Waals surface area contributed by atoms with E-state index in [9.17, 15) is 14.4 Å². The number of imidazole rings is 1. The molecule has 0 aliphatic heterocycles. The minimum atomic E-state index is -0.436. The summed E-state index contributed by atoms with van der Waals surface area (Å²) < 4.78 is 9.28. The quantitative estimate of drug-likeness (QED) is 0.538. The van der Waals surface area contributed by atoms with Gasteiger partial charge in [0.25, 0.3) is 5.56 Å². The first kappa shape index (κ1) is 17.9. The SMILES string of the molecule is CC(CCCCn1c(=O)c2c(ncn2C)n(C)c1=O)OC(=O)CN. The van der Waals surface area contributed by atoms with Gasteiger partial charge in [0, 0.05) is 20.6 Å². The Bertz CT molecular complexity index is 848. The number of unbranched alkanes of at least 4 members (excludes halogenated alkanes) is 1. The van der Waals surface area contributed by atoms with E-state index in [1.54, 1.807) is 25.6 Å². The van der Waals surface area contributed by atoms with Crippen LogP contribution in [0.4, 0.5) is 0 Å². The van der Waals surface area contributed by atoms with Crippen molar-refractivity contribution in [2.75, 3.05) is 6.54 Å². The van der Waals surface area contributed by atoms with Crippen molar-refractivity contribution in [2.24, 2.45) is 19.8 Å². The molecule has 9 heteroatoms. The third-order valence-electron chi connectivity index (χ3n) is 3.94. The van der Waals surface area contributed by atoms with Crippen LogP contribution in [0.2, 0.25) is 0 Å². The molecule has 2 N–H and O–H groups in total. The summed E-state index contributed by atoms with van der Waals surface area (Å²) in [5.41, 5.74) is 5.26. The monoisotopic (exact) mass is 337 g/mol. The molecule has 2 heterocycles. The van der Waals surface area contributed by atoms with E-state index in [0.29, 0.717) is 30.6 Å². The Morgan fingerprint density at radius 3 is 2.71 bits per heavy atom. The maximum atomic E-state index is 12.5. The highest BCUT2D eigenvalue weighted by Crippen LogP contribution is 2.06. The van der Waals surface area contributed by atoms with Gasteiger partial charge in [0.15, 0.2) is 11.2 Å². The standard InChI is InChI=1S/C15H23N5O4/c1-10(24-11(21)8-16)6-4-5-7-20-14(22)12-13(17-9-18(12)2)19(3)15(20)23/h9-10H,4-8,16H2,1-3H3. The van der Waals surface area contributed by atoms with Gasteiger partial charge in [-0.1, -0.05) is 0 Å². The summed E-state index contributed by atoms with van der Waals surface area (Å²) in [5, 5.41) is 0. The topological polar surface area (TPSA) is 114 Å². The average molecular weight is 337 g/mol. The molecule has 1 unspecified atom stereocenters. The van der Waals surface area contributed by atoms with Gasteiger partial charge in [0.2, 0.25) is 0 Å². The summed E-state index contributed by atoms with van der Waals surface area (Å²) in [6.45, 7) is 1.96. The predicted molar refractivity (Wildman–Crippen MR) is 88.7 cm³/mol. The molecule has 0 amide bonds. The smallest absolute Gasteiger partial charge is 0.332 e. The molecule has 0 aliphatic rings. The molecule has 2 aromatic rings. The Morgan fingerprint density at radius 2 is 2.04 bits per heavy atom. The number of carbonyl (C=O) groups excluding carboxylic acids is 1. The molecule has 0 aliphatic carbocycles. The molecule has 0 saturated carbocycles. The molecule has 9 nitrogen and oxygen atoms in total. The van der Waals surface area contributed by atoms with Gasteiger partial charge in [-0.05, 0) is 26.2 Å². The number of esters is 1. The van der Waals surface area contributed by atoms with Crippen molar-refractivity contribution in [1.29, 1.82) is 0 Å². The molecule has 0 bridgehead atoms. The summed E-state index contributed by atoms with van der Waals surface area (Å²) in [6, 6.07) is 0. The Labute approximate surface area is 138 Å². The van der Waals surface area contributed by atoms with Crippen molar-refractivity contribution >= 4 is 17.1 Å². The van der Waals surface area contributed by atoms with E-state index in [4.69, 9.17) is 10.5 Å². The lowest BCUT2D eigenvalue weighted by Crippen LogP contribution is -2.39. The molecule has 0 aromatic carbocycles. The van der Waals surface area contributed by atoms with Crippen LogP contribution in [0.1, 0.15) is 26.2 Å². The van der Waals surface area contributed by atoms with Crippen molar-refractivity contribution in [3.8, 4) is 0 Å². The average Bonchev–Trinajstić information content (AvgIpc) is 2.93. The second-order valence-corrected chi connectivity index (χ2v) is 5.83. The van der Waals surface area contributed by atoms with Gasteiger partial charge in [0.1, 0.15) is 0 Å². The zero-order valence-electron chi connectivity index (χ0n) is 14.2. The number of nitrogens with two attached hydrogens (primary N) is 1. The largest absolute Gasteiger partial charge is 0.462 e. The Hall–Kier alpha value is -2.42. The minimum Gasteiger partial charge on any atom is -0.462 e. The van der Waals surface area contributed by atoms with Crippen molar-refractivity contribution in [1.82, 2.24) is 18.7 Å². The molecule has 0 spiro atoms. The maximum absolute atomic E-state index is 12.5. The third-order valence-corrected chi connectivity index (χ3v) is 3.94. The number of aromatic nitrogens is 4. The fourth-order valence-electron chi connectivity index (χ4n) is 2.63. The van der Waals surface area contributed by atoms with E-state index >= 15 is 0 Å². The molecule has 0 radical (unpaired) electrons. The molecule has 2 rings (SSSR count). The number of nitrogens with zero attached hydrogens (tertiary/aromatic N) is 4. The zero-order chi connectivity index (χ0) is 17.9. The predicted octanol–water partition coefficient (Wildman–Crippen LogP) is -0.506. The van der Waals surface area contributed by atoms with Crippen LogP contribution in [0, 0.1) is 0 Å². The summed E-state index contributed by atoms with van der Waals surface area (Å²) in [6.07, 6.45) is 3.28. The highest BCUT2D eigenvalue weighted by molar-refractivity contribution is 5.71. The van der Waals surface area contributed by atoms with E-state index in [1.165, 1.54) is 15.5 Å². The number of hydrogen-bond donors (Lipinski definition) is 1. The van der Waals surface area contributed by atoms with Gasteiger partial charge in [-0.2, -0.15) is 0 Å². The van der Waals surface area contributed by atoms with Gasteiger partial charge in [0.05, 0.1) is 19.0 Å². The molecule has 0 saturated heterocycles. The van der Waals surface area contributed by atoms with Crippen LogP contribution in [0.15, 0.2) is 15.9 Å². The van der Waals surface area contributed by atoms with Crippen molar-refractivity contribution < 1.29 is 9.53 Å². The second kappa shape index (κ2) is 7.43. The highest BCUT2D eigenvalue weighted by Gasteiger charge is 2.14. The summed E-state index contributed by atoms with van der Waals surface area (Å²) >= 11 is 0. The van der Waals surface area contributed by atoms with E-state index in [-0.39, 0.29) is 23.9 Å². The molecule has 132 valence electrons. The molecular formula is C15H23N5O4. The first-order valence-electron chi connectivity index (χ1n) is 7.87. The Kier molecular flexibility index (Phi) is 5.55. The molecular weight excluding hydrogens is 314 g/mol. The number of rotatable bonds is 7. The first-order chi connectivity index (χ1) is 11.4. The van der Waals surface area contributed by atoms with Gasteiger partial charge < -0.3 is 15.0 Å². The second-order valence-electron chi connectivity index (χ2n) is 5.83. The van der Waals surface area contributed by atoms with Crippen molar-refractivity contribution in [3.63, 3.8) is 0 Å². The third kappa shape index (κ3) is 3.56. The normalized spacial score (nSPS) is 12.5. The molecule has 0 fully saturated rings. The van der Waals surface area contributed by atoms with Gasteiger partial charge in [-0.3, -0.25) is 18.7 Å². The maximum Gasteiger partial charge on any atom is 0.332 e. The van der Waals surface area contributed by atoms with Crippen LogP contribution < -0.4 is 17.0 Å². The molecule has 1 atom stereocenters. The minimum absolute atomic E-state index is 0.138. The lowest BCUT2D eigenvalue weighted by molar-refractivity contribution is -0.146. The van der Waals surface area contributed by atoms with Crippen molar-refractivity contribution in [3.05, 3.63) is 27.2 Å². The van der Waals surface area contributed by atoms with Crippen LogP contribution in [0.25, 0.3) is 11.2 Å². The van der Waals surface area contributed by atoms with E-state index in [2.05, 4.69) is 4.98 Å². The van der Waals surface area contributed by atoms with Crippen LogP contribution in [0.3, 0.4) is 0 Å². The van der Waals surface area contributed by atoms with E-state index in [1.807, 2.05) is 0 Å². The number of hydrogen-bond acceptors (Lipinski definition) is 6. The summed E-state index contributed by atoms with van der Waals surface area (Å²) in [4.78, 5) is 40.0. The zero-order valence-corrected chi connectivity index (χ0v) is 14.2. The summed E-state index contributed by atoms with van der Waals surface area (Å²) in [5.74, 6) is -0.436. The van der Waals surface area contributed by atoms with E-state index < -0.39 is 5.97 Å². The fourth-order valence-corrected chi connectivity index (χ4v) is 2.63.